The molecule has 1 aliphatic rings. The van der Waals surface area contributed by atoms with E-state index in [1.165, 1.54) is 0 Å². The number of carbonyl (C=O) groups is 1. The first kappa shape index (κ1) is 15.4. The predicted molar refractivity (Wildman–Crippen MR) is 98.2 cm³/mol. The van der Waals surface area contributed by atoms with Crippen LogP contribution in [-0.2, 0) is 16.8 Å². The third-order valence-corrected chi connectivity index (χ3v) is 5.99. The molecular weight excluding hydrogens is 340 g/mol. The molecule has 0 saturated heterocycles. The van der Waals surface area contributed by atoms with E-state index in [1.807, 2.05) is 36.7 Å². The van der Waals surface area contributed by atoms with Gasteiger partial charge in [-0.3, -0.25) is 4.79 Å². The zero-order valence-corrected chi connectivity index (χ0v) is 14.9. The number of thiazole rings is 2. The summed E-state index contributed by atoms with van der Waals surface area (Å²) in [6.07, 6.45) is 0. The first-order valence-corrected chi connectivity index (χ1v) is 9.31. The minimum absolute atomic E-state index is 0.0328. The molecule has 3 N–H and O–H groups in total. The van der Waals surface area contributed by atoms with Gasteiger partial charge < -0.3 is 11.1 Å². The lowest BCUT2D eigenvalue weighted by Gasteiger charge is -2.15. The van der Waals surface area contributed by atoms with Crippen LogP contribution in [0.1, 0.15) is 24.4 Å². The van der Waals surface area contributed by atoms with E-state index < -0.39 is 5.41 Å². The molecule has 7 heteroatoms. The maximum atomic E-state index is 12.1. The number of amides is 1. The van der Waals surface area contributed by atoms with E-state index in [0.717, 1.165) is 38.2 Å². The van der Waals surface area contributed by atoms with Crippen molar-refractivity contribution < 1.29 is 4.79 Å². The van der Waals surface area contributed by atoms with Gasteiger partial charge in [-0.1, -0.05) is 6.07 Å². The Labute approximate surface area is 147 Å². The van der Waals surface area contributed by atoms with Gasteiger partial charge in [0.2, 0.25) is 5.91 Å². The normalized spacial score (nSPS) is 15.4. The highest BCUT2D eigenvalue weighted by molar-refractivity contribution is 7.14. The molecule has 5 nitrogen and oxygen atoms in total. The topological polar surface area (TPSA) is 80.9 Å². The van der Waals surface area contributed by atoms with E-state index in [2.05, 4.69) is 16.4 Å². The molecule has 1 aromatic carbocycles. The van der Waals surface area contributed by atoms with E-state index in [9.17, 15) is 4.79 Å². The van der Waals surface area contributed by atoms with Crippen LogP contribution in [0.5, 0.6) is 0 Å². The van der Waals surface area contributed by atoms with Gasteiger partial charge in [-0.25, -0.2) is 9.97 Å². The Morgan fingerprint density at radius 1 is 1.17 bits per heavy atom. The Bertz CT molecular complexity index is 942. The first-order valence-electron chi connectivity index (χ1n) is 7.56. The summed E-state index contributed by atoms with van der Waals surface area (Å²) >= 11 is 3.12. The Balaban J connectivity index is 1.71. The third-order valence-electron chi connectivity index (χ3n) is 4.25. The highest BCUT2D eigenvalue weighted by atomic mass is 32.1. The number of rotatable bonds is 3. The van der Waals surface area contributed by atoms with Gasteiger partial charge in [0.25, 0.3) is 0 Å². The van der Waals surface area contributed by atoms with E-state index in [0.29, 0.717) is 6.54 Å². The first-order chi connectivity index (χ1) is 11.5. The van der Waals surface area contributed by atoms with Crippen molar-refractivity contribution in [1.82, 2.24) is 9.97 Å². The van der Waals surface area contributed by atoms with E-state index in [4.69, 9.17) is 10.7 Å². The zero-order valence-electron chi connectivity index (χ0n) is 13.3. The molecule has 24 heavy (non-hydrogen) atoms. The van der Waals surface area contributed by atoms with Crippen LogP contribution in [0, 0.1) is 0 Å². The number of nitrogens with one attached hydrogen (secondary N) is 1. The summed E-state index contributed by atoms with van der Waals surface area (Å²) < 4.78 is 0. The quantitative estimate of drug-likeness (QED) is 0.751. The molecule has 1 aliphatic heterocycles. The average molecular weight is 356 g/mol. The summed E-state index contributed by atoms with van der Waals surface area (Å²) in [5.41, 5.74) is 9.78. The number of nitrogens with zero attached hydrogens (tertiary/aromatic N) is 2. The van der Waals surface area contributed by atoms with Crippen LogP contribution in [0.3, 0.4) is 0 Å². The molecule has 0 unspecified atom stereocenters. The fourth-order valence-corrected chi connectivity index (χ4v) is 4.28. The van der Waals surface area contributed by atoms with Gasteiger partial charge in [0.05, 0.1) is 11.1 Å². The number of carbonyl (C=O) groups excluding carboxylic acids is 1. The van der Waals surface area contributed by atoms with Crippen molar-refractivity contribution in [2.24, 2.45) is 5.73 Å². The predicted octanol–water partition coefficient (Wildman–Crippen LogP) is 3.62. The molecule has 122 valence electrons. The largest absolute Gasteiger partial charge is 0.325 e. The lowest BCUT2D eigenvalue weighted by molar-refractivity contribution is -0.119. The molecule has 0 atom stereocenters. The lowest BCUT2D eigenvalue weighted by atomic mass is 9.85. The van der Waals surface area contributed by atoms with Crippen molar-refractivity contribution in [2.45, 2.75) is 25.8 Å². The minimum atomic E-state index is -0.519. The van der Waals surface area contributed by atoms with Gasteiger partial charge in [-0.15, -0.1) is 22.7 Å². The van der Waals surface area contributed by atoms with Crippen LogP contribution in [-0.4, -0.2) is 15.9 Å². The number of benzene rings is 1. The van der Waals surface area contributed by atoms with E-state index in [1.54, 1.807) is 22.7 Å². The third kappa shape index (κ3) is 2.36. The fourth-order valence-electron chi connectivity index (χ4n) is 2.76. The molecule has 3 heterocycles. The Kier molecular flexibility index (Phi) is 3.52. The van der Waals surface area contributed by atoms with E-state index >= 15 is 0 Å². The van der Waals surface area contributed by atoms with Crippen LogP contribution in [0.15, 0.2) is 29.0 Å². The van der Waals surface area contributed by atoms with E-state index in [-0.39, 0.29) is 5.91 Å². The lowest BCUT2D eigenvalue weighted by Crippen LogP contribution is -2.26. The molecular formula is C17H16N4OS2. The van der Waals surface area contributed by atoms with Gasteiger partial charge in [0.15, 0.2) is 0 Å². The number of hydrogen-bond donors (Lipinski definition) is 2. The van der Waals surface area contributed by atoms with Crippen molar-refractivity contribution in [2.75, 3.05) is 5.32 Å². The number of anilines is 1. The molecule has 2 aromatic heterocycles. The summed E-state index contributed by atoms with van der Waals surface area (Å²) in [4.78, 5) is 21.3. The molecule has 3 aromatic rings. The number of aromatic nitrogens is 2. The zero-order chi connectivity index (χ0) is 16.9. The number of hydrogen-bond acceptors (Lipinski definition) is 6. The van der Waals surface area contributed by atoms with Crippen molar-refractivity contribution in [1.29, 1.82) is 0 Å². The Hall–Kier alpha value is -2.09. The van der Waals surface area contributed by atoms with Crippen molar-refractivity contribution in [3.8, 4) is 22.0 Å². The van der Waals surface area contributed by atoms with Crippen molar-refractivity contribution in [3.05, 3.63) is 39.5 Å². The number of fused-ring (bicyclic) bond motifs is 1. The fraction of sp³-hybridized carbons (Fsp3) is 0.235. The molecule has 1 amide bonds. The van der Waals surface area contributed by atoms with Crippen LogP contribution >= 0.6 is 22.7 Å². The molecule has 0 saturated carbocycles. The molecule has 0 bridgehead atoms. The smallest absolute Gasteiger partial charge is 0.234 e. The molecule has 0 radical (unpaired) electrons. The molecule has 0 spiro atoms. The summed E-state index contributed by atoms with van der Waals surface area (Å²) in [6, 6.07) is 6.00. The van der Waals surface area contributed by atoms with Gasteiger partial charge in [0.1, 0.15) is 15.7 Å². The second kappa shape index (κ2) is 5.47. The Morgan fingerprint density at radius 3 is 2.71 bits per heavy atom. The summed E-state index contributed by atoms with van der Waals surface area (Å²) in [7, 11) is 0. The molecule has 0 fully saturated rings. The number of nitrogens with two attached hydrogens (primary N) is 1. The van der Waals surface area contributed by atoms with Crippen LogP contribution < -0.4 is 11.1 Å². The highest BCUT2D eigenvalue weighted by Gasteiger charge is 2.38. The van der Waals surface area contributed by atoms with Crippen LogP contribution in [0.2, 0.25) is 0 Å². The molecule has 4 rings (SSSR count). The minimum Gasteiger partial charge on any atom is -0.325 e. The van der Waals surface area contributed by atoms with Gasteiger partial charge in [-0.05, 0) is 31.5 Å². The maximum Gasteiger partial charge on any atom is 0.234 e. The van der Waals surface area contributed by atoms with Crippen LogP contribution in [0.4, 0.5) is 5.69 Å². The monoisotopic (exact) mass is 356 g/mol. The summed E-state index contributed by atoms with van der Waals surface area (Å²) in [6.45, 7) is 4.33. The van der Waals surface area contributed by atoms with Gasteiger partial charge in [-0.2, -0.15) is 0 Å². The van der Waals surface area contributed by atoms with Crippen molar-refractivity contribution in [3.63, 3.8) is 0 Å². The second-order valence-corrected chi connectivity index (χ2v) is 8.01. The summed E-state index contributed by atoms with van der Waals surface area (Å²) in [5.74, 6) is 0.0328. The van der Waals surface area contributed by atoms with Crippen molar-refractivity contribution >= 4 is 34.3 Å². The SMILES string of the molecule is CC1(C)C(=O)Nc2ccc(-c3csc(-c4csc(CN)n4)n3)cc21. The molecule has 0 aliphatic carbocycles. The van der Waals surface area contributed by atoms with Gasteiger partial charge in [0, 0.05) is 28.6 Å². The van der Waals surface area contributed by atoms with Crippen LogP contribution in [0.25, 0.3) is 22.0 Å². The summed E-state index contributed by atoms with van der Waals surface area (Å²) in [5, 5.41) is 8.73. The standard InChI is InChI=1S/C17H16N4OS2/c1-17(2)10-5-9(3-4-11(10)21-16(17)22)12-7-24-15(20-12)13-8-23-14(6-18)19-13/h3-5,7-8H,6,18H2,1-2H3,(H,21,22). The average Bonchev–Trinajstić information content (AvgIpc) is 3.27. The maximum absolute atomic E-state index is 12.1. The Morgan fingerprint density at radius 2 is 1.96 bits per heavy atom. The van der Waals surface area contributed by atoms with Gasteiger partial charge >= 0.3 is 0 Å². The highest BCUT2D eigenvalue weighted by Crippen LogP contribution is 2.40. The second-order valence-electron chi connectivity index (χ2n) is 6.21.